The number of rotatable bonds is 5. The van der Waals surface area contributed by atoms with Crippen LogP contribution in [-0.4, -0.2) is 22.7 Å². The lowest BCUT2D eigenvalue weighted by Gasteiger charge is -2.06. The molecule has 5 nitrogen and oxygen atoms in total. The number of carbonyl (C=O) groups is 1. The first-order chi connectivity index (χ1) is 8.69. The largest absolute Gasteiger partial charge is 0.493 e. The quantitative estimate of drug-likeness (QED) is 0.762. The Balaban J connectivity index is 2.46. The second-order valence-electron chi connectivity index (χ2n) is 4.00. The van der Waals surface area contributed by atoms with Gasteiger partial charge in [-0.3, -0.25) is 9.48 Å². The van der Waals surface area contributed by atoms with Crippen LogP contribution < -0.4 is 4.74 Å². The van der Waals surface area contributed by atoms with E-state index >= 15 is 0 Å². The van der Waals surface area contributed by atoms with Gasteiger partial charge in [-0.1, -0.05) is 6.92 Å². The molecule has 0 N–H and O–H groups in total. The van der Waals surface area contributed by atoms with E-state index < -0.39 is 0 Å². The predicted molar refractivity (Wildman–Crippen MR) is 65.9 cm³/mol. The van der Waals surface area contributed by atoms with Crippen molar-refractivity contribution in [1.29, 1.82) is 0 Å². The van der Waals surface area contributed by atoms with E-state index in [9.17, 15) is 4.79 Å². The average Bonchev–Trinajstić information content (AvgIpc) is 2.95. The molecule has 2 aromatic heterocycles. The van der Waals surface area contributed by atoms with Crippen LogP contribution in [0.2, 0.25) is 0 Å². The van der Waals surface area contributed by atoms with Crippen molar-refractivity contribution in [2.45, 2.75) is 26.8 Å². The molecule has 2 aromatic rings. The van der Waals surface area contributed by atoms with E-state index in [2.05, 4.69) is 5.10 Å². The fraction of sp³-hybridized carbons (Fsp3) is 0.385. The smallest absolute Gasteiger partial charge is 0.218 e. The van der Waals surface area contributed by atoms with Crippen molar-refractivity contribution >= 4 is 5.78 Å². The molecular formula is C13H16N2O3. The van der Waals surface area contributed by atoms with Crippen molar-refractivity contribution in [1.82, 2.24) is 9.78 Å². The minimum atomic E-state index is -0.121. The normalized spacial score (nSPS) is 10.6. The van der Waals surface area contributed by atoms with E-state index in [1.165, 1.54) is 13.4 Å². The molecule has 0 radical (unpaired) electrons. The van der Waals surface area contributed by atoms with Crippen molar-refractivity contribution in [3.8, 4) is 5.75 Å². The van der Waals surface area contributed by atoms with Crippen LogP contribution >= 0.6 is 0 Å². The lowest BCUT2D eigenvalue weighted by molar-refractivity contribution is 0.102. The summed E-state index contributed by atoms with van der Waals surface area (Å²) in [7, 11) is 1.53. The highest BCUT2D eigenvalue weighted by Gasteiger charge is 2.23. The van der Waals surface area contributed by atoms with Crippen LogP contribution in [0.3, 0.4) is 0 Å². The highest BCUT2D eigenvalue weighted by molar-refractivity contribution is 6.10. The Hall–Kier alpha value is -2.04. The zero-order chi connectivity index (χ0) is 13.1. The predicted octanol–water partition coefficient (Wildman–Crippen LogP) is 2.43. The summed E-state index contributed by atoms with van der Waals surface area (Å²) >= 11 is 0. The van der Waals surface area contributed by atoms with E-state index in [1.807, 2.05) is 6.92 Å². The SMILES string of the molecule is CCCn1ncc(OC)c1C(=O)c1ccoc1C. The molecule has 96 valence electrons. The number of methoxy groups -OCH3 is 1. The van der Waals surface area contributed by atoms with Gasteiger partial charge < -0.3 is 9.15 Å². The Morgan fingerprint density at radius 2 is 2.33 bits per heavy atom. The monoisotopic (exact) mass is 248 g/mol. The topological polar surface area (TPSA) is 57.3 Å². The number of aromatic nitrogens is 2. The van der Waals surface area contributed by atoms with Crippen LogP contribution in [0.1, 0.15) is 35.2 Å². The fourth-order valence-electron chi connectivity index (χ4n) is 1.88. The molecular weight excluding hydrogens is 232 g/mol. The molecule has 5 heteroatoms. The molecule has 2 heterocycles. The minimum absolute atomic E-state index is 0.121. The standard InChI is InChI=1S/C13H16N2O3/c1-4-6-15-12(11(17-3)8-14-15)13(16)10-5-7-18-9(10)2/h5,7-8H,4,6H2,1-3H3. The molecule has 0 spiro atoms. The molecule has 0 aliphatic rings. The summed E-state index contributed by atoms with van der Waals surface area (Å²) in [6.07, 6.45) is 3.98. The van der Waals surface area contributed by atoms with Gasteiger partial charge in [0.1, 0.15) is 5.76 Å². The second kappa shape index (κ2) is 5.08. The van der Waals surface area contributed by atoms with Crippen LogP contribution in [0.25, 0.3) is 0 Å². The first-order valence-electron chi connectivity index (χ1n) is 5.87. The van der Waals surface area contributed by atoms with Gasteiger partial charge in [-0.15, -0.1) is 0 Å². The number of aryl methyl sites for hydroxylation is 2. The molecule has 0 aromatic carbocycles. The molecule has 2 rings (SSSR count). The number of ketones is 1. The fourth-order valence-corrected chi connectivity index (χ4v) is 1.88. The summed E-state index contributed by atoms with van der Waals surface area (Å²) in [6, 6.07) is 1.67. The van der Waals surface area contributed by atoms with Gasteiger partial charge in [-0.05, 0) is 19.4 Å². The van der Waals surface area contributed by atoms with E-state index in [0.717, 1.165) is 6.42 Å². The molecule has 0 atom stereocenters. The van der Waals surface area contributed by atoms with Crippen LogP contribution in [0.5, 0.6) is 5.75 Å². The summed E-state index contributed by atoms with van der Waals surface area (Å²) in [5.41, 5.74) is 1.02. The van der Waals surface area contributed by atoms with Gasteiger partial charge in [0.15, 0.2) is 11.4 Å². The van der Waals surface area contributed by atoms with Crippen molar-refractivity contribution < 1.29 is 13.9 Å². The molecule has 0 saturated heterocycles. The molecule has 0 aliphatic heterocycles. The lowest BCUT2D eigenvalue weighted by atomic mass is 10.1. The van der Waals surface area contributed by atoms with E-state index in [0.29, 0.717) is 29.3 Å². The summed E-state index contributed by atoms with van der Waals surface area (Å²) in [5.74, 6) is 0.976. The summed E-state index contributed by atoms with van der Waals surface area (Å²) in [6.45, 7) is 4.48. The summed E-state index contributed by atoms with van der Waals surface area (Å²) < 4.78 is 12.0. The minimum Gasteiger partial charge on any atom is -0.493 e. The van der Waals surface area contributed by atoms with E-state index in [4.69, 9.17) is 9.15 Å². The van der Waals surface area contributed by atoms with Crippen LogP contribution in [-0.2, 0) is 6.54 Å². The van der Waals surface area contributed by atoms with Gasteiger partial charge in [0.05, 0.1) is 25.1 Å². The van der Waals surface area contributed by atoms with E-state index in [1.54, 1.807) is 23.9 Å². The van der Waals surface area contributed by atoms with Crippen LogP contribution in [0.15, 0.2) is 22.9 Å². The first kappa shape index (κ1) is 12.4. The Kier molecular flexibility index (Phi) is 3.50. The number of hydrogen-bond donors (Lipinski definition) is 0. The zero-order valence-electron chi connectivity index (χ0n) is 10.8. The Morgan fingerprint density at radius 3 is 2.89 bits per heavy atom. The zero-order valence-corrected chi connectivity index (χ0v) is 10.8. The average molecular weight is 248 g/mol. The third-order valence-corrected chi connectivity index (χ3v) is 2.78. The van der Waals surface area contributed by atoms with Gasteiger partial charge >= 0.3 is 0 Å². The maximum atomic E-state index is 12.5. The molecule has 0 amide bonds. The van der Waals surface area contributed by atoms with Crippen molar-refractivity contribution in [3.63, 3.8) is 0 Å². The highest BCUT2D eigenvalue weighted by Crippen LogP contribution is 2.23. The van der Waals surface area contributed by atoms with Crippen LogP contribution in [0, 0.1) is 6.92 Å². The number of hydrogen-bond acceptors (Lipinski definition) is 4. The molecule has 0 saturated carbocycles. The maximum absolute atomic E-state index is 12.5. The lowest BCUT2D eigenvalue weighted by Crippen LogP contribution is -2.12. The molecule has 0 fully saturated rings. The van der Waals surface area contributed by atoms with Crippen molar-refractivity contribution in [2.24, 2.45) is 0 Å². The molecule has 0 unspecified atom stereocenters. The van der Waals surface area contributed by atoms with Gasteiger partial charge in [0.2, 0.25) is 5.78 Å². The molecule has 0 aliphatic carbocycles. The van der Waals surface area contributed by atoms with Gasteiger partial charge in [-0.2, -0.15) is 5.10 Å². The number of furan rings is 1. The number of ether oxygens (including phenoxy) is 1. The summed E-state index contributed by atoms with van der Waals surface area (Å²) in [5, 5.41) is 4.18. The summed E-state index contributed by atoms with van der Waals surface area (Å²) in [4.78, 5) is 12.5. The first-order valence-corrected chi connectivity index (χ1v) is 5.87. The number of carbonyl (C=O) groups excluding carboxylic acids is 1. The Morgan fingerprint density at radius 1 is 1.56 bits per heavy atom. The third-order valence-electron chi connectivity index (χ3n) is 2.78. The molecule has 18 heavy (non-hydrogen) atoms. The van der Waals surface area contributed by atoms with Crippen molar-refractivity contribution in [2.75, 3.05) is 7.11 Å². The second-order valence-corrected chi connectivity index (χ2v) is 4.00. The Labute approximate surface area is 105 Å². The van der Waals surface area contributed by atoms with E-state index in [-0.39, 0.29) is 5.78 Å². The van der Waals surface area contributed by atoms with Gasteiger partial charge in [0, 0.05) is 6.54 Å². The van der Waals surface area contributed by atoms with Crippen LogP contribution in [0.4, 0.5) is 0 Å². The third kappa shape index (κ3) is 2.03. The maximum Gasteiger partial charge on any atom is 0.218 e. The van der Waals surface area contributed by atoms with Crippen molar-refractivity contribution in [3.05, 3.63) is 35.5 Å². The van der Waals surface area contributed by atoms with Gasteiger partial charge in [0.25, 0.3) is 0 Å². The highest BCUT2D eigenvalue weighted by atomic mass is 16.5. The molecule has 0 bridgehead atoms. The Bertz CT molecular complexity index is 554. The van der Waals surface area contributed by atoms with Gasteiger partial charge in [-0.25, -0.2) is 0 Å². The number of nitrogens with zero attached hydrogens (tertiary/aromatic N) is 2.